The van der Waals surface area contributed by atoms with Crippen LogP contribution < -0.4 is 10.6 Å². The van der Waals surface area contributed by atoms with E-state index in [0.717, 1.165) is 5.56 Å². The fraction of sp³-hybridized carbons (Fsp3) is 0.294. The lowest BCUT2D eigenvalue weighted by molar-refractivity contribution is 0.0599. The van der Waals surface area contributed by atoms with Crippen LogP contribution in [0.3, 0.4) is 0 Å². The van der Waals surface area contributed by atoms with Gasteiger partial charge in [0.25, 0.3) is 0 Å². The van der Waals surface area contributed by atoms with Gasteiger partial charge in [-0.05, 0) is 18.6 Å². The number of nitrogens with zero attached hydrogens (tertiary/aromatic N) is 1. The minimum absolute atomic E-state index is 0.399. The van der Waals surface area contributed by atoms with Crippen molar-refractivity contribution in [1.29, 1.82) is 0 Å². The molecule has 0 amide bonds. The minimum atomic E-state index is -0.399. The number of methoxy groups -OCH3 is 1. The van der Waals surface area contributed by atoms with Crippen LogP contribution in [-0.2, 0) is 17.8 Å². The molecule has 0 bridgehead atoms. The van der Waals surface area contributed by atoms with E-state index in [4.69, 9.17) is 9.15 Å². The number of furan rings is 1. The average Bonchev–Trinajstić information content (AvgIpc) is 2.96. The molecular formula is C17H21N3O3. The van der Waals surface area contributed by atoms with Crippen molar-refractivity contribution in [3.05, 3.63) is 59.0 Å². The highest BCUT2D eigenvalue weighted by molar-refractivity contribution is 5.90. The van der Waals surface area contributed by atoms with Crippen molar-refractivity contribution in [2.45, 2.75) is 20.0 Å². The second-order valence-corrected chi connectivity index (χ2v) is 4.94. The Bertz CT molecular complexity index is 678. The number of nitrogens with one attached hydrogen (secondary N) is 2. The Morgan fingerprint density at radius 3 is 2.57 bits per heavy atom. The highest BCUT2D eigenvalue weighted by Crippen LogP contribution is 2.15. The predicted octanol–water partition coefficient (Wildman–Crippen LogP) is 2.24. The van der Waals surface area contributed by atoms with E-state index < -0.39 is 5.97 Å². The zero-order valence-corrected chi connectivity index (χ0v) is 13.6. The van der Waals surface area contributed by atoms with Gasteiger partial charge in [-0.3, -0.25) is 4.99 Å². The quantitative estimate of drug-likeness (QED) is 0.503. The Morgan fingerprint density at radius 2 is 1.91 bits per heavy atom. The van der Waals surface area contributed by atoms with Crippen molar-refractivity contribution in [1.82, 2.24) is 10.6 Å². The van der Waals surface area contributed by atoms with Crippen molar-refractivity contribution in [2.75, 3.05) is 14.2 Å². The monoisotopic (exact) mass is 315 g/mol. The topological polar surface area (TPSA) is 75.9 Å². The summed E-state index contributed by atoms with van der Waals surface area (Å²) in [6.07, 6.45) is 0. The van der Waals surface area contributed by atoms with Crippen LogP contribution in [0.4, 0.5) is 0 Å². The number of guanidine groups is 1. The first kappa shape index (κ1) is 16.6. The van der Waals surface area contributed by atoms with E-state index in [-0.39, 0.29) is 0 Å². The van der Waals surface area contributed by atoms with E-state index in [9.17, 15) is 4.79 Å². The first-order valence-electron chi connectivity index (χ1n) is 7.30. The maximum atomic E-state index is 11.6. The Labute approximate surface area is 135 Å². The normalized spacial score (nSPS) is 11.2. The van der Waals surface area contributed by atoms with Gasteiger partial charge in [-0.25, -0.2) is 4.79 Å². The second-order valence-electron chi connectivity index (χ2n) is 4.94. The van der Waals surface area contributed by atoms with Crippen LogP contribution in [0.15, 0.2) is 45.8 Å². The molecule has 1 heterocycles. The first-order valence-corrected chi connectivity index (χ1v) is 7.30. The third-order valence-electron chi connectivity index (χ3n) is 3.33. The van der Waals surface area contributed by atoms with Gasteiger partial charge >= 0.3 is 5.97 Å². The van der Waals surface area contributed by atoms with E-state index in [1.54, 1.807) is 20.0 Å². The predicted molar refractivity (Wildman–Crippen MR) is 88.3 cm³/mol. The molecule has 0 aliphatic rings. The average molecular weight is 315 g/mol. The second kappa shape index (κ2) is 8.03. The minimum Gasteiger partial charge on any atom is -0.465 e. The summed E-state index contributed by atoms with van der Waals surface area (Å²) < 4.78 is 10.3. The van der Waals surface area contributed by atoms with Crippen LogP contribution in [0.25, 0.3) is 0 Å². The lowest BCUT2D eigenvalue weighted by atomic mass is 10.2. The summed E-state index contributed by atoms with van der Waals surface area (Å²) in [5.41, 5.74) is 1.61. The number of benzene rings is 1. The van der Waals surface area contributed by atoms with Gasteiger partial charge in [0.1, 0.15) is 17.1 Å². The molecule has 0 radical (unpaired) electrons. The molecule has 6 heteroatoms. The van der Waals surface area contributed by atoms with E-state index in [1.807, 2.05) is 30.3 Å². The molecule has 1 aromatic carbocycles. The number of carbonyl (C=O) groups is 1. The van der Waals surface area contributed by atoms with Gasteiger partial charge in [-0.15, -0.1) is 0 Å². The number of hydrogen-bond acceptors (Lipinski definition) is 4. The molecule has 122 valence electrons. The lowest BCUT2D eigenvalue weighted by Gasteiger charge is -2.10. The largest absolute Gasteiger partial charge is 0.465 e. The third-order valence-corrected chi connectivity index (χ3v) is 3.33. The fourth-order valence-electron chi connectivity index (χ4n) is 2.12. The van der Waals surface area contributed by atoms with Crippen LogP contribution in [0, 0.1) is 6.92 Å². The summed E-state index contributed by atoms with van der Waals surface area (Å²) in [4.78, 5) is 15.7. The molecule has 2 rings (SSSR count). The molecule has 0 atom stereocenters. The fourth-order valence-corrected chi connectivity index (χ4v) is 2.12. The van der Waals surface area contributed by atoms with Crippen LogP contribution >= 0.6 is 0 Å². The molecule has 6 nitrogen and oxygen atoms in total. The Hall–Kier alpha value is -2.76. The summed E-state index contributed by atoms with van der Waals surface area (Å²) in [7, 11) is 3.05. The van der Waals surface area contributed by atoms with Crippen LogP contribution in [0.5, 0.6) is 0 Å². The van der Waals surface area contributed by atoms with Crippen LogP contribution in [0.1, 0.15) is 27.4 Å². The molecule has 0 fully saturated rings. The summed E-state index contributed by atoms with van der Waals surface area (Å²) in [5.74, 6) is 1.44. The third kappa shape index (κ3) is 4.60. The van der Waals surface area contributed by atoms with Crippen molar-refractivity contribution in [2.24, 2.45) is 4.99 Å². The molecule has 23 heavy (non-hydrogen) atoms. The van der Waals surface area contributed by atoms with Crippen molar-refractivity contribution < 1.29 is 13.9 Å². The highest BCUT2D eigenvalue weighted by Gasteiger charge is 2.15. The van der Waals surface area contributed by atoms with E-state index in [1.165, 1.54) is 7.11 Å². The maximum absolute atomic E-state index is 11.6. The summed E-state index contributed by atoms with van der Waals surface area (Å²) in [5, 5.41) is 6.36. The first-order chi connectivity index (χ1) is 11.1. The summed E-state index contributed by atoms with van der Waals surface area (Å²) in [6, 6.07) is 11.7. The van der Waals surface area contributed by atoms with Gasteiger partial charge in [0, 0.05) is 13.6 Å². The van der Waals surface area contributed by atoms with Crippen molar-refractivity contribution >= 4 is 11.9 Å². The number of rotatable bonds is 5. The van der Waals surface area contributed by atoms with Crippen LogP contribution in [0.2, 0.25) is 0 Å². The van der Waals surface area contributed by atoms with Crippen LogP contribution in [-0.4, -0.2) is 26.1 Å². The number of carbonyl (C=O) groups excluding carboxylic acids is 1. The molecule has 0 saturated carbocycles. The summed E-state index contributed by atoms with van der Waals surface area (Å²) >= 11 is 0. The number of aryl methyl sites for hydroxylation is 1. The van der Waals surface area contributed by atoms with Crippen molar-refractivity contribution in [3.63, 3.8) is 0 Å². The van der Waals surface area contributed by atoms with Crippen molar-refractivity contribution in [3.8, 4) is 0 Å². The molecule has 0 saturated heterocycles. The van der Waals surface area contributed by atoms with Gasteiger partial charge in [0.2, 0.25) is 0 Å². The molecule has 0 aliphatic heterocycles. The zero-order chi connectivity index (χ0) is 16.7. The number of esters is 1. The standard InChI is InChI=1S/C17H21N3O3/c1-12-15(16(21)22-3)9-14(23-12)11-20-17(18-2)19-10-13-7-5-4-6-8-13/h4-9H,10-11H2,1-3H3,(H2,18,19,20). The van der Waals surface area contributed by atoms with Gasteiger partial charge in [-0.1, -0.05) is 30.3 Å². The number of hydrogen-bond donors (Lipinski definition) is 2. The molecular weight excluding hydrogens is 294 g/mol. The highest BCUT2D eigenvalue weighted by atomic mass is 16.5. The summed E-state index contributed by atoms with van der Waals surface area (Å²) in [6.45, 7) is 2.83. The van der Waals surface area contributed by atoms with Gasteiger partial charge < -0.3 is 19.8 Å². The molecule has 0 unspecified atom stereocenters. The maximum Gasteiger partial charge on any atom is 0.341 e. The van der Waals surface area contributed by atoms with E-state index >= 15 is 0 Å². The zero-order valence-electron chi connectivity index (χ0n) is 13.6. The molecule has 1 aromatic heterocycles. The number of ether oxygens (including phenoxy) is 1. The number of aliphatic imine (C=N–C) groups is 1. The molecule has 0 spiro atoms. The van der Waals surface area contributed by atoms with Gasteiger partial charge in [-0.2, -0.15) is 0 Å². The Balaban J connectivity index is 1.89. The molecule has 2 N–H and O–H groups in total. The van der Waals surface area contributed by atoms with Gasteiger partial charge in [0.15, 0.2) is 5.96 Å². The Kier molecular flexibility index (Phi) is 5.80. The molecule has 0 aliphatic carbocycles. The van der Waals surface area contributed by atoms with Gasteiger partial charge in [0.05, 0.1) is 13.7 Å². The molecule has 2 aromatic rings. The lowest BCUT2D eigenvalue weighted by Crippen LogP contribution is -2.36. The van der Waals surface area contributed by atoms with E-state index in [2.05, 4.69) is 15.6 Å². The Morgan fingerprint density at radius 1 is 1.22 bits per heavy atom. The van der Waals surface area contributed by atoms with E-state index in [0.29, 0.717) is 36.1 Å². The SMILES string of the molecule is CN=C(NCc1ccccc1)NCc1cc(C(=O)OC)c(C)o1. The smallest absolute Gasteiger partial charge is 0.341 e.